The average Bonchev–Trinajstić information content (AvgIpc) is 2.88. The van der Waals surface area contributed by atoms with Gasteiger partial charge in [0.05, 0.1) is 0 Å². The van der Waals surface area contributed by atoms with E-state index in [1.165, 1.54) is 32.9 Å². The summed E-state index contributed by atoms with van der Waals surface area (Å²) in [6.45, 7) is 4.44. The largest absolute Gasteiger partial charge is 0.145 e. The normalized spacial score (nSPS) is 14.0. The fourth-order valence-electron chi connectivity index (χ4n) is 2.68. The van der Waals surface area contributed by atoms with Gasteiger partial charge in [0.25, 0.3) is 0 Å². The Morgan fingerprint density at radius 2 is 1.76 bits per heavy atom. The summed E-state index contributed by atoms with van der Waals surface area (Å²) < 4.78 is 3.05. The summed E-state index contributed by atoms with van der Waals surface area (Å²) in [5, 5.41) is 0. The standard InChI is InChI=1S/C14H12S3/c1-7-5-10-11(15-7)4-3-9-13(10)17-12-6-8(2)16-14(9)12/h5-6H,3-4H2,1-2H3. The van der Waals surface area contributed by atoms with Gasteiger partial charge in [0, 0.05) is 34.5 Å². The quantitative estimate of drug-likeness (QED) is 0.515. The van der Waals surface area contributed by atoms with Crippen molar-refractivity contribution in [3.63, 3.8) is 0 Å². The molecule has 0 amide bonds. The molecule has 0 nitrogen and oxygen atoms in total. The predicted octanol–water partition coefficient (Wildman–Crippen LogP) is 5.41. The lowest BCUT2D eigenvalue weighted by Crippen LogP contribution is -1.96. The molecule has 0 radical (unpaired) electrons. The second-order valence-corrected chi connectivity index (χ2v) is 8.30. The van der Waals surface area contributed by atoms with Gasteiger partial charge in [-0.25, -0.2) is 0 Å². The van der Waals surface area contributed by atoms with E-state index < -0.39 is 0 Å². The molecule has 0 saturated carbocycles. The molecule has 1 aliphatic rings. The summed E-state index contributed by atoms with van der Waals surface area (Å²) in [4.78, 5) is 6.05. The van der Waals surface area contributed by atoms with Crippen LogP contribution in [0.1, 0.15) is 20.2 Å². The Hall–Kier alpha value is -0.640. The Bertz CT molecular complexity index is 724. The highest BCUT2D eigenvalue weighted by Crippen LogP contribution is 2.48. The minimum Gasteiger partial charge on any atom is -0.145 e. The van der Waals surface area contributed by atoms with Gasteiger partial charge in [-0.15, -0.1) is 34.0 Å². The molecule has 0 bridgehead atoms. The van der Waals surface area contributed by atoms with Crippen LogP contribution in [0.15, 0.2) is 12.1 Å². The van der Waals surface area contributed by atoms with E-state index in [1.807, 2.05) is 34.0 Å². The average molecular weight is 276 g/mol. The van der Waals surface area contributed by atoms with Crippen LogP contribution < -0.4 is 0 Å². The number of thiophene rings is 3. The SMILES string of the molecule is Cc1cc2c(s1)CCc1c-2sc2cc(C)sc12. The summed E-state index contributed by atoms with van der Waals surface area (Å²) in [5.74, 6) is 0. The maximum absolute atomic E-state index is 2.38. The summed E-state index contributed by atoms with van der Waals surface area (Å²) in [6, 6.07) is 4.73. The molecule has 0 unspecified atom stereocenters. The van der Waals surface area contributed by atoms with Crippen molar-refractivity contribution in [3.8, 4) is 10.4 Å². The van der Waals surface area contributed by atoms with E-state index in [4.69, 9.17) is 0 Å². The third kappa shape index (κ3) is 1.39. The van der Waals surface area contributed by atoms with Gasteiger partial charge in [0.15, 0.2) is 0 Å². The molecule has 3 aromatic rings. The van der Waals surface area contributed by atoms with Gasteiger partial charge in [-0.3, -0.25) is 0 Å². The highest BCUT2D eigenvalue weighted by atomic mass is 32.1. The van der Waals surface area contributed by atoms with E-state index in [2.05, 4.69) is 26.0 Å². The lowest BCUT2D eigenvalue weighted by atomic mass is 9.98. The molecule has 1 aliphatic carbocycles. The van der Waals surface area contributed by atoms with E-state index in [0.29, 0.717) is 0 Å². The first-order valence-corrected chi connectivity index (χ1v) is 8.29. The summed E-state index contributed by atoms with van der Waals surface area (Å²) in [7, 11) is 0. The fraction of sp³-hybridized carbons (Fsp3) is 0.286. The van der Waals surface area contributed by atoms with Gasteiger partial charge >= 0.3 is 0 Å². The van der Waals surface area contributed by atoms with Crippen molar-refractivity contribution < 1.29 is 0 Å². The Morgan fingerprint density at radius 3 is 2.65 bits per heavy atom. The van der Waals surface area contributed by atoms with Crippen LogP contribution in [0.25, 0.3) is 19.8 Å². The number of fused-ring (bicyclic) bond motifs is 5. The van der Waals surface area contributed by atoms with Crippen molar-refractivity contribution >= 4 is 43.4 Å². The first kappa shape index (κ1) is 10.3. The van der Waals surface area contributed by atoms with E-state index in [1.54, 1.807) is 20.0 Å². The van der Waals surface area contributed by atoms with E-state index in [0.717, 1.165) is 0 Å². The van der Waals surface area contributed by atoms with Crippen LogP contribution in [0.3, 0.4) is 0 Å². The number of aryl methyl sites for hydroxylation is 4. The van der Waals surface area contributed by atoms with Crippen molar-refractivity contribution in [2.24, 2.45) is 0 Å². The minimum absolute atomic E-state index is 1.24. The van der Waals surface area contributed by atoms with Gasteiger partial charge in [-0.05, 0) is 44.4 Å². The molecular weight excluding hydrogens is 264 g/mol. The van der Waals surface area contributed by atoms with E-state index in [-0.39, 0.29) is 0 Å². The molecule has 17 heavy (non-hydrogen) atoms. The van der Waals surface area contributed by atoms with Crippen molar-refractivity contribution in [2.45, 2.75) is 26.7 Å². The number of hydrogen-bond acceptors (Lipinski definition) is 3. The van der Waals surface area contributed by atoms with Crippen LogP contribution in [-0.2, 0) is 12.8 Å². The van der Waals surface area contributed by atoms with Crippen molar-refractivity contribution in [3.05, 3.63) is 32.3 Å². The molecule has 3 heteroatoms. The molecule has 86 valence electrons. The highest BCUT2D eigenvalue weighted by Gasteiger charge is 2.23. The fourth-order valence-corrected chi connectivity index (χ4v) is 6.45. The van der Waals surface area contributed by atoms with E-state index >= 15 is 0 Å². The topological polar surface area (TPSA) is 0 Å². The van der Waals surface area contributed by atoms with Crippen molar-refractivity contribution in [1.82, 2.24) is 0 Å². The van der Waals surface area contributed by atoms with Gasteiger partial charge < -0.3 is 0 Å². The summed E-state index contributed by atoms with van der Waals surface area (Å²) in [6.07, 6.45) is 2.48. The van der Waals surface area contributed by atoms with Crippen LogP contribution in [-0.4, -0.2) is 0 Å². The molecule has 0 spiro atoms. The third-order valence-corrected chi connectivity index (χ3v) is 6.92. The number of hydrogen-bond donors (Lipinski definition) is 0. The summed E-state index contributed by atoms with van der Waals surface area (Å²) in [5.41, 5.74) is 3.15. The molecule has 0 N–H and O–H groups in total. The molecule has 3 aromatic heterocycles. The Balaban J connectivity index is 2.06. The zero-order chi connectivity index (χ0) is 11.6. The molecule has 0 atom stereocenters. The van der Waals surface area contributed by atoms with E-state index in [9.17, 15) is 0 Å². The monoisotopic (exact) mass is 276 g/mol. The lowest BCUT2D eigenvalue weighted by Gasteiger charge is -2.11. The molecule has 0 fully saturated rings. The molecular formula is C14H12S3. The first-order valence-electron chi connectivity index (χ1n) is 5.84. The number of rotatable bonds is 0. The van der Waals surface area contributed by atoms with Gasteiger partial charge in [0.1, 0.15) is 0 Å². The minimum atomic E-state index is 1.24. The third-order valence-electron chi connectivity index (χ3n) is 3.36. The molecule has 4 rings (SSSR count). The van der Waals surface area contributed by atoms with Crippen LogP contribution in [0.4, 0.5) is 0 Å². The maximum atomic E-state index is 2.38. The Labute approximate surface area is 113 Å². The first-order chi connectivity index (χ1) is 8.22. The Kier molecular flexibility index (Phi) is 2.08. The van der Waals surface area contributed by atoms with Gasteiger partial charge in [-0.2, -0.15) is 0 Å². The second kappa shape index (κ2) is 3.44. The van der Waals surface area contributed by atoms with Crippen molar-refractivity contribution in [2.75, 3.05) is 0 Å². The van der Waals surface area contributed by atoms with Gasteiger partial charge in [0.2, 0.25) is 0 Å². The lowest BCUT2D eigenvalue weighted by molar-refractivity contribution is 0.982. The van der Waals surface area contributed by atoms with Crippen LogP contribution in [0, 0.1) is 13.8 Å². The smallest absolute Gasteiger partial charge is 0.0492 e. The molecule has 0 aliphatic heterocycles. The van der Waals surface area contributed by atoms with Crippen LogP contribution in [0.2, 0.25) is 0 Å². The van der Waals surface area contributed by atoms with Crippen LogP contribution in [0.5, 0.6) is 0 Å². The summed E-state index contributed by atoms with van der Waals surface area (Å²) >= 11 is 5.94. The maximum Gasteiger partial charge on any atom is 0.0492 e. The molecule has 0 saturated heterocycles. The molecule has 0 aromatic carbocycles. The predicted molar refractivity (Wildman–Crippen MR) is 79.9 cm³/mol. The molecule has 3 heterocycles. The zero-order valence-corrected chi connectivity index (χ0v) is 12.2. The zero-order valence-electron chi connectivity index (χ0n) is 9.79. The van der Waals surface area contributed by atoms with Gasteiger partial charge in [-0.1, -0.05) is 0 Å². The van der Waals surface area contributed by atoms with Crippen LogP contribution >= 0.6 is 34.0 Å². The Morgan fingerprint density at radius 1 is 0.941 bits per heavy atom. The second-order valence-electron chi connectivity index (χ2n) is 4.65. The van der Waals surface area contributed by atoms with Crippen molar-refractivity contribution in [1.29, 1.82) is 0 Å². The highest BCUT2D eigenvalue weighted by molar-refractivity contribution is 7.30.